The Morgan fingerprint density at radius 2 is 1.85 bits per heavy atom. The molecule has 1 spiro atoms. The fourth-order valence-corrected chi connectivity index (χ4v) is 9.51. The van der Waals surface area contributed by atoms with Gasteiger partial charge in [0.25, 0.3) is 5.91 Å². The van der Waals surface area contributed by atoms with Gasteiger partial charge in [0.2, 0.25) is 11.8 Å². The number of likely N-dealkylation sites (tertiary alicyclic amines) is 1. The van der Waals surface area contributed by atoms with Crippen LogP contribution in [-0.4, -0.2) is 81.5 Å². The van der Waals surface area contributed by atoms with Crippen molar-refractivity contribution < 1.29 is 19.5 Å². The van der Waals surface area contributed by atoms with Crippen LogP contribution in [-0.2, 0) is 14.4 Å². The van der Waals surface area contributed by atoms with E-state index in [1.165, 1.54) is 0 Å². The van der Waals surface area contributed by atoms with Gasteiger partial charge in [0.05, 0.1) is 29.2 Å². The van der Waals surface area contributed by atoms with Gasteiger partial charge in [0, 0.05) is 36.1 Å². The first kappa shape index (κ1) is 29.7. The Kier molecular flexibility index (Phi) is 8.89. The number of hydrogen-bond acceptors (Lipinski definition) is 5. The number of anilines is 1. The molecule has 3 unspecified atom stereocenters. The quantitative estimate of drug-likeness (QED) is 0.400. The standard InChI is InChI=1S/C30H40ClN3O4S/c1-7-13-32(6)27(36)24-23-16-19(5)30(39-23)25(24)28(37)34(22(17-35)15-18(3)4)26(30)29(38)33(14-8-2)21-11-9-20(31)10-12-21/h7-12,18-19,22-26,35H,1-2,13-17H2,3-6H3/t19?,22-,23-,24+,25+,26?,30?/m1/s1. The Balaban J connectivity index is 1.86. The van der Waals surface area contributed by atoms with Gasteiger partial charge >= 0.3 is 0 Å². The van der Waals surface area contributed by atoms with Gasteiger partial charge in [-0.05, 0) is 48.9 Å². The number of nitrogens with zero attached hydrogens (tertiary/aromatic N) is 3. The Labute approximate surface area is 241 Å². The van der Waals surface area contributed by atoms with Crippen LogP contribution in [0, 0.1) is 23.7 Å². The molecule has 3 heterocycles. The minimum absolute atomic E-state index is 0.0309. The third kappa shape index (κ3) is 4.93. The number of carbonyl (C=O) groups excluding carboxylic acids is 3. The van der Waals surface area contributed by atoms with Crippen LogP contribution < -0.4 is 4.90 Å². The van der Waals surface area contributed by atoms with Gasteiger partial charge in [-0.2, -0.15) is 0 Å². The van der Waals surface area contributed by atoms with Gasteiger partial charge in [0.1, 0.15) is 6.04 Å². The van der Waals surface area contributed by atoms with Crippen molar-refractivity contribution in [2.45, 2.75) is 55.7 Å². The molecule has 3 aliphatic heterocycles. The van der Waals surface area contributed by atoms with Crippen molar-refractivity contribution in [2.24, 2.45) is 23.7 Å². The third-order valence-corrected chi connectivity index (χ3v) is 10.9. The zero-order valence-corrected chi connectivity index (χ0v) is 24.8. The molecule has 39 heavy (non-hydrogen) atoms. The first-order valence-corrected chi connectivity index (χ1v) is 14.9. The summed E-state index contributed by atoms with van der Waals surface area (Å²) in [6.45, 7) is 14.2. The Morgan fingerprint density at radius 3 is 2.41 bits per heavy atom. The number of aliphatic hydroxyl groups excluding tert-OH is 1. The molecule has 7 atom stereocenters. The van der Waals surface area contributed by atoms with Crippen LogP contribution in [0.2, 0.25) is 5.02 Å². The van der Waals surface area contributed by atoms with E-state index in [4.69, 9.17) is 11.6 Å². The second-order valence-corrected chi connectivity index (χ2v) is 13.5. The lowest BCUT2D eigenvalue weighted by Gasteiger charge is -2.42. The smallest absolute Gasteiger partial charge is 0.251 e. The van der Waals surface area contributed by atoms with Crippen LogP contribution in [0.4, 0.5) is 5.69 Å². The summed E-state index contributed by atoms with van der Waals surface area (Å²) in [4.78, 5) is 47.8. The van der Waals surface area contributed by atoms with Gasteiger partial charge in [-0.1, -0.05) is 44.5 Å². The number of aliphatic hydroxyl groups is 1. The molecule has 3 saturated heterocycles. The van der Waals surface area contributed by atoms with E-state index in [0.717, 1.165) is 6.42 Å². The summed E-state index contributed by atoms with van der Waals surface area (Å²) in [6.07, 6.45) is 4.64. The van der Waals surface area contributed by atoms with Crippen LogP contribution in [0.25, 0.3) is 0 Å². The number of benzene rings is 1. The van der Waals surface area contributed by atoms with Crippen molar-refractivity contribution in [3.05, 3.63) is 54.6 Å². The molecular formula is C30H40ClN3O4S. The number of likely N-dealkylation sites (N-methyl/N-ethyl adjacent to an activating group) is 1. The molecule has 1 aromatic carbocycles. The molecule has 3 fully saturated rings. The maximum atomic E-state index is 14.7. The van der Waals surface area contributed by atoms with Crippen LogP contribution in [0.15, 0.2) is 49.6 Å². The molecule has 1 aromatic rings. The molecule has 0 aliphatic carbocycles. The highest BCUT2D eigenvalue weighted by atomic mass is 35.5. The molecule has 4 rings (SSSR count). The van der Waals surface area contributed by atoms with E-state index in [9.17, 15) is 19.5 Å². The monoisotopic (exact) mass is 573 g/mol. The average molecular weight is 574 g/mol. The molecule has 3 amide bonds. The molecule has 0 aromatic heterocycles. The first-order chi connectivity index (χ1) is 18.5. The zero-order valence-electron chi connectivity index (χ0n) is 23.3. The topological polar surface area (TPSA) is 81.2 Å². The summed E-state index contributed by atoms with van der Waals surface area (Å²) >= 11 is 7.78. The zero-order chi connectivity index (χ0) is 28.6. The second-order valence-electron chi connectivity index (χ2n) is 11.5. The number of hydrogen-bond donors (Lipinski definition) is 1. The maximum absolute atomic E-state index is 14.7. The van der Waals surface area contributed by atoms with E-state index in [1.807, 2.05) is 13.8 Å². The molecule has 9 heteroatoms. The molecule has 212 valence electrons. The van der Waals surface area contributed by atoms with Gasteiger partial charge in [-0.15, -0.1) is 24.9 Å². The lowest BCUT2D eigenvalue weighted by atomic mass is 9.65. The van der Waals surface area contributed by atoms with E-state index in [-0.39, 0.29) is 48.0 Å². The lowest BCUT2D eigenvalue weighted by molar-refractivity contribution is -0.145. The third-order valence-electron chi connectivity index (χ3n) is 8.55. The summed E-state index contributed by atoms with van der Waals surface area (Å²) in [6, 6.07) is 5.69. The summed E-state index contributed by atoms with van der Waals surface area (Å²) in [5.74, 6) is -1.44. The summed E-state index contributed by atoms with van der Waals surface area (Å²) in [5, 5.41) is 11.0. The number of rotatable bonds is 11. The van der Waals surface area contributed by atoms with Crippen LogP contribution in [0.1, 0.15) is 33.6 Å². The number of fused-ring (bicyclic) bond motifs is 1. The number of amides is 3. The SMILES string of the molecule is C=CCN(C)C(=O)[C@@H]1[C@H]2C(=O)N([C@@H](CO)CC(C)C)C(C(=O)N(CC=C)c3ccc(Cl)cc3)C23S[C@@H]1CC3C. The van der Waals surface area contributed by atoms with Crippen molar-refractivity contribution >= 4 is 46.8 Å². The first-order valence-electron chi connectivity index (χ1n) is 13.7. The Hall–Kier alpha value is -2.29. The minimum atomic E-state index is -0.825. The molecule has 1 N–H and O–H groups in total. The summed E-state index contributed by atoms with van der Waals surface area (Å²) < 4.78 is -0.773. The van der Waals surface area contributed by atoms with E-state index >= 15 is 0 Å². The average Bonchev–Trinajstić information content (AvgIpc) is 3.49. The van der Waals surface area contributed by atoms with Crippen molar-refractivity contribution in [3.8, 4) is 0 Å². The molecule has 3 aliphatic rings. The van der Waals surface area contributed by atoms with Crippen molar-refractivity contribution in [1.82, 2.24) is 9.80 Å². The second kappa shape index (κ2) is 11.7. The number of thioether (sulfide) groups is 1. The number of carbonyl (C=O) groups is 3. The van der Waals surface area contributed by atoms with Crippen LogP contribution in [0.5, 0.6) is 0 Å². The largest absolute Gasteiger partial charge is 0.394 e. The Bertz CT molecular complexity index is 1130. The predicted octanol–water partition coefficient (Wildman–Crippen LogP) is 4.25. The molecular weight excluding hydrogens is 534 g/mol. The Morgan fingerprint density at radius 1 is 1.21 bits per heavy atom. The van der Waals surface area contributed by atoms with Crippen molar-refractivity contribution in [1.29, 1.82) is 0 Å². The lowest BCUT2D eigenvalue weighted by Crippen LogP contribution is -2.59. The van der Waals surface area contributed by atoms with E-state index < -0.39 is 28.7 Å². The summed E-state index contributed by atoms with van der Waals surface area (Å²) in [5.41, 5.74) is 0.657. The molecule has 0 saturated carbocycles. The molecule has 0 radical (unpaired) electrons. The highest BCUT2D eigenvalue weighted by molar-refractivity contribution is 8.02. The highest BCUT2D eigenvalue weighted by Crippen LogP contribution is 2.69. The number of halogens is 1. The van der Waals surface area contributed by atoms with Gasteiger partial charge < -0.3 is 19.8 Å². The van der Waals surface area contributed by atoms with E-state index in [2.05, 4.69) is 20.1 Å². The normalized spacial score (nSPS) is 29.9. The van der Waals surface area contributed by atoms with Crippen molar-refractivity contribution in [3.63, 3.8) is 0 Å². The maximum Gasteiger partial charge on any atom is 0.251 e. The molecule has 2 bridgehead atoms. The minimum Gasteiger partial charge on any atom is -0.394 e. The van der Waals surface area contributed by atoms with E-state index in [0.29, 0.717) is 23.7 Å². The molecule has 7 nitrogen and oxygen atoms in total. The fourth-order valence-electron chi connectivity index (χ4n) is 6.99. The van der Waals surface area contributed by atoms with Crippen molar-refractivity contribution in [2.75, 3.05) is 31.6 Å². The predicted molar refractivity (Wildman–Crippen MR) is 158 cm³/mol. The fraction of sp³-hybridized carbons (Fsp3) is 0.567. The highest BCUT2D eigenvalue weighted by Gasteiger charge is 2.77. The van der Waals surface area contributed by atoms with Gasteiger partial charge in [-0.3, -0.25) is 14.4 Å². The van der Waals surface area contributed by atoms with E-state index in [1.54, 1.807) is 69.9 Å². The van der Waals surface area contributed by atoms with Crippen LogP contribution >= 0.6 is 23.4 Å². The van der Waals surface area contributed by atoms with Gasteiger partial charge in [0.15, 0.2) is 0 Å². The van der Waals surface area contributed by atoms with Crippen LogP contribution in [0.3, 0.4) is 0 Å². The summed E-state index contributed by atoms with van der Waals surface area (Å²) in [7, 11) is 1.73. The van der Waals surface area contributed by atoms with Gasteiger partial charge in [-0.25, -0.2) is 0 Å².